The SMILES string of the molecule is CSc1ccc([C@H]2CC(=O)Nc3c2c(C)nn3-c2nncc(-c3ccc(C)cc3)n2)cc1. The highest BCUT2D eigenvalue weighted by atomic mass is 32.2. The molecule has 1 N–H and O–H groups in total. The van der Waals surface area contributed by atoms with Gasteiger partial charge in [-0.25, -0.2) is 4.98 Å². The van der Waals surface area contributed by atoms with Crippen LogP contribution >= 0.6 is 11.8 Å². The Morgan fingerprint density at radius 2 is 1.81 bits per heavy atom. The van der Waals surface area contributed by atoms with Crippen molar-refractivity contribution in [3.8, 4) is 17.2 Å². The molecule has 32 heavy (non-hydrogen) atoms. The second-order valence-corrected chi connectivity index (χ2v) is 8.72. The van der Waals surface area contributed by atoms with Crippen molar-refractivity contribution in [1.82, 2.24) is 25.0 Å². The van der Waals surface area contributed by atoms with E-state index in [1.54, 1.807) is 22.6 Å². The van der Waals surface area contributed by atoms with Crippen LogP contribution in [0.5, 0.6) is 0 Å². The lowest BCUT2D eigenvalue weighted by Crippen LogP contribution is -2.25. The third kappa shape index (κ3) is 3.67. The Kier molecular flexibility index (Phi) is 5.22. The second kappa shape index (κ2) is 8.20. The molecule has 2 aromatic heterocycles. The number of nitrogens with zero attached hydrogens (tertiary/aromatic N) is 5. The Balaban J connectivity index is 1.58. The van der Waals surface area contributed by atoms with Gasteiger partial charge < -0.3 is 5.32 Å². The molecule has 0 fully saturated rings. The Hall–Kier alpha value is -3.52. The van der Waals surface area contributed by atoms with E-state index in [0.29, 0.717) is 23.9 Å². The molecule has 8 heteroatoms. The number of hydrogen-bond donors (Lipinski definition) is 1. The van der Waals surface area contributed by atoms with E-state index in [-0.39, 0.29) is 11.8 Å². The summed E-state index contributed by atoms with van der Waals surface area (Å²) in [6.07, 6.45) is 4.06. The standard InChI is InChI=1S/C24H22N6OS/c1-14-4-6-17(7-5-14)20-13-25-28-24(26-20)30-23-22(15(2)29-30)19(12-21(31)27-23)16-8-10-18(32-3)11-9-16/h4-11,13,19H,12H2,1-3H3,(H,27,31)/t19-/m1/s1. The lowest BCUT2D eigenvalue weighted by molar-refractivity contribution is -0.116. The van der Waals surface area contributed by atoms with Crippen molar-refractivity contribution in [2.24, 2.45) is 0 Å². The normalized spacial score (nSPS) is 15.3. The molecule has 3 heterocycles. The maximum Gasteiger partial charge on any atom is 0.272 e. The van der Waals surface area contributed by atoms with Crippen molar-refractivity contribution in [2.75, 3.05) is 11.6 Å². The maximum absolute atomic E-state index is 12.6. The first kappa shape index (κ1) is 20.4. The van der Waals surface area contributed by atoms with Gasteiger partial charge in [-0.3, -0.25) is 4.79 Å². The van der Waals surface area contributed by atoms with Crippen molar-refractivity contribution in [3.63, 3.8) is 0 Å². The number of hydrogen-bond acceptors (Lipinski definition) is 6. The van der Waals surface area contributed by atoms with E-state index >= 15 is 0 Å². The Morgan fingerprint density at radius 1 is 1.06 bits per heavy atom. The molecule has 160 valence electrons. The molecule has 0 spiro atoms. The van der Waals surface area contributed by atoms with Crippen LogP contribution in [0, 0.1) is 13.8 Å². The highest BCUT2D eigenvalue weighted by molar-refractivity contribution is 7.98. The molecule has 7 nitrogen and oxygen atoms in total. The summed E-state index contributed by atoms with van der Waals surface area (Å²) in [5, 5.41) is 16.0. The number of fused-ring (bicyclic) bond motifs is 1. The maximum atomic E-state index is 12.6. The van der Waals surface area contributed by atoms with E-state index in [1.165, 1.54) is 10.5 Å². The van der Waals surface area contributed by atoms with Crippen molar-refractivity contribution in [2.45, 2.75) is 31.1 Å². The van der Waals surface area contributed by atoms with E-state index in [1.807, 2.05) is 44.4 Å². The molecule has 1 atom stereocenters. The smallest absolute Gasteiger partial charge is 0.272 e. The van der Waals surface area contributed by atoms with Gasteiger partial charge in [0.25, 0.3) is 5.95 Å². The minimum atomic E-state index is -0.0725. The summed E-state index contributed by atoms with van der Waals surface area (Å²) < 4.78 is 1.59. The molecule has 0 saturated heterocycles. The first-order chi connectivity index (χ1) is 15.5. The van der Waals surface area contributed by atoms with Gasteiger partial charge in [-0.05, 0) is 37.8 Å². The van der Waals surface area contributed by atoms with Crippen LogP contribution in [0.25, 0.3) is 17.2 Å². The van der Waals surface area contributed by atoms with Crippen molar-refractivity contribution in [1.29, 1.82) is 0 Å². The van der Waals surface area contributed by atoms with Crippen LogP contribution in [0.4, 0.5) is 5.82 Å². The molecule has 0 aliphatic carbocycles. The van der Waals surface area contributed by atoms with Crippen LogP contribution in [-0.4, -0.2) is 37.1 Å². The van der Waals surface area contributed by atoms with Crippen LogP contribution in [0.1, 0.15) is 34.7 Å². The largest absolute Gasteiger partial charge is 0.310 e. The number of nitrogens with one attached hydrogen (secondary N) is 1. The highest BCUT2D eigenvalue weighted by Gasteiger charge is 2.33. The zero-order valence-electron chi connectivity index (χ0n) is 18.0. The molecule has 1 aliphatic heterocycles. The van der Waals surface area contributed by atoms with Gasteiger partial charge in [0.2, 0.25) is 5.91 Å². The van der Waals surface area contributed by atoms with Crippen LogP contribution in [0.3, 0.4) is 0 Å². The minimum absolute atomic E-state index is 0.0553. The number of aromatic nitrogens is 5. The van der Waals surface area contributed by atoms with Gasteiger partial charge in [0.05, 0.1) is 17.6 Å². The van der Waals surface area contributed by atoms with E-state index in [9.17, 15) is 4.79 Å². The van der Waals surface area contributed by atoms with Crippen molar-refractivity contribution in [3.05, 3.63) is 77.1 Å². The predicted octanol–water partition coefficient (Wildman–Crippen LogP) is 4.54. The fourth-order valence-corrected chi connectivity index (χ4v) is 4.47. The molecule has 0 unspecified atom stereocenters. The number of aryl methyl sites for hydroxylation is 2. The highest BCUT2D eigenvalue weighted by Crippen LogP contribution is 2.40. The lowest BCUT2D eigenvalue weighted by Gasteiger charge is -2.24. The van der Waals surface area contributed by atoms with Gasteiger partial charge in [-0.1, -0.05) is 42.0 Å². The van der Waals surface area contributed by atoms with E-state index in [4.69, 9.17) is 0 Å². The fraction of sp³-hybridized carbons (Fsp3) is 0.208. The van der Waals surface area contributed by atoms with Crippen molar-refractivity contribution < 1.29 is 4.79 Å². The first-order valence-corrected chi connectivity index (χ1v) is 11.6. The topological polar surface area (TPSA) is 85.6 Å². The Bertz CT molecular complexity index is 1300. The number of amides is 1. The van der Waals surface area contributed by atoms with Crippen LogP contribution in [-0.2, 0) is 4.79 Å². The van der Waals surface area contributed by atoms with Gasteiger partial charge in [0, 0.05) is 28.4 Å². The van der Waals surface area contributed by atoms with Crippen LogP contribution < -0.4 is 5.32 Å². The molecule has 0 saturated carbocycles. The summed E-state index contributed by atoms with van der Waals surface area (Å²) in [5.74, 6) is 0.809. The predicted molar refractivity (Wildman–Crippen MR) is 125 cm³/mol. The molecule has 5 rings (SSSR count). The number of benzene rings is 2. The average molecular weight is 443 g/mol. The average Bonchev–Trinajstić information content (AvgIpc) is 3.15. The van der Waals surface area contributed by atoms with Gasteiger partial charge in [0.1, 0.15) is 5.82 Å². The van der Waals surface area contributed by atoms with E-state index < -0.39 is 0 Å². The third-order valence-corrected chi connectivity index (χ3v) is 6.45. The van der Waals surface area contributed by atoms with E-state index in [2.05, 4.69) is 49.9 Å². The summed E-state index contributed by atoms with van der Waals surface area (Å²) in [6.45, 7) is 3.99. The summed E-state index contributed by atoms with van der Waals surface area (Å²) in [6, 6.07) is 16.4. The summed E-state index contributed by atoms with van der Waals surface area (Å²) in [4.78, 5) is 18.5. The molecule has 0 radical (unpaired) electrons. The quantitative estimate of drug-likeness (QED) is 0.467. The molecule has 1 amide bonds. The zero-order valence-corrected chi connectivity index (χ0v) is 18.8. The summed E-state index contributed by atoms with van der Waals surface area (Å²) in [5.41, 5.74) is 5.73. The molecular formula is C24H22N6OS. The monoisotopic (exact) mass is 442 g/mol. The van der Waals surface area contributed by atoms with Gasteiger partial charge in [0.15, 0.2) is 0 Å². The van der Waals surface area contributed by atoms with Gasteiger partial charge in [-0.15, -0.1) is 16.9 Å². The van der Waals surface area contributed by atoms with Gasteiger partial charge in [-0.2, -0.15) is 14.9 Å². The number of carbonyl (C=O) groups excluding carboxylic acids is 1. The van der Waals surface area contributed by atoms with Gasteiger partial charge >= 0.3 is 0 Å². The number of anilines is 1. The van der Waals surface area contributed by atoms with Crippen molar-refractivity contribution >= 4 is 23.5 Å². The third-order valence-electron chi connectivity index (χ3n) is 5.71. The Labute approximate surface area is 190 Å². The first-order valence-electron chi connectivity index (χ1n) is 10.3. The minimum Gasteiger partial charge on any atom is -0.310 e. The lowest BCUT2D eigenvalue weighted by atomic mass is 9.86. The number of thioether (sulfide) groups is 1. The molecule has 1 aliphatic rings. The Morgan fingerprint density at radius 3 is 2.53 bits per heavy atom. The zero-order chi connectivity index (χ0) is 22.2. The molecule has 0 bridgehead atoms. The van der Waals surface area contributed by atoms with Crippen LogP contribution in [0.15, 0.2) is 59.6 Å². The number of rotatable bonds is 4. The van der Waals surface area contributed by atoms with Crippen LogP contribution in [0.2, 0.25) is 0 Å². The summed E-state index contributed by atoms with van der Waals surface area (Å²) >= 11 is 1.70. The van der Waals surface area contributed by atoms with E-state index in [0.717, 1.165) is 22.4 Å². The fourth-order valence-electron chi connectivity index (χ4n) is 4.06. The second-order valence-electron chi connectivity index (χ2n) is 7.85. The molecule has 2 aromatic carbocycles. The number of carbonyl (C=O) groups is 1. The molecule has 4 aromatic rings. The summed E-state index contributed by atoms with van der Waals surface area (Å²) in [7, 11) is 0. The molecular weight excluding hydrogens is 420 g/mol.